The average Bonchev–Trinajstić information content (AvgIpc) is 2.84. The fraction of sp³-hybridized carbons (Fsp3) is 0.185. The van der Waals surface area contributed by atoms with E-state index in [4.69, 9.17) is 11.6 Å². The minimum absolute atomic E-state index is 0.249. The smallest absolute Gasteiger partial charge is 0.246 e. The van der Waals surface area contributed by atoms with Crippen LogP contribution in [0.1, 0.15) is 23.6 Å². The lowest BCUT2D eigenvalue weighted by atomic mass is 10.2. The first-order valence-electron chi connectivity index (χ1n) is 11.5. The molecule has 0 bridgehead atoms. The highest BCUT2D eigenvalue weighted by atomic mass is 35.5. The van der Waals surface area contributed by atoms with E-state index in [2.05, 4.69) is 36.2 Å². The third-order valence-corrected chi connectivity index (χ3v) is 5.84. The van der Waals surface area contributed by atoms with Crippen molar-refractivity contribution in [3.63, 3.8) is 0 Å². The number of carbonyl (C=O) groups excluding carboxylic acids is 1. The van der Waals surface area contributed by atoms with Crippen LogP contribution in [-0.4, -0.2) is 26.9 Å². The van der Waals surface area contributed by atoms with E-state index < -0.39 is 6.04 Å². The van der Waals surface area contributed by atoms with Crippen LogP contribution in [0.2, 0.25) is 5.02 Å². The van der Waals surface area contributed by atoms with Gasteiger partial charge in [0.1, 0.15) is 6.04 Å². The van der Waals surface area contributed by atoms with E-state index in [0.717, 1.165) is 28.1 Å². The number of nitrogens with zero attached hydrogens (tertiary/aromatic N) is 3. The molecule has 0 aliphatic carbocycles. The molecule has 0 fully saturated rings. The molecule has 8 nitrogen and oxygen atoms in total. The third-order valence-electron chi connectivity index (χ3n) is 5.43. The fourth-order valence-electron chi connectivity index (χ4n) is 3.26. The van der Waals surface area contributed by atoms with Crippen molar-refractivity contribution in [1.29, 1.82) is 0 Å². The number of hydrogen-bond donors (Lipinski definition) is 4. The van der Waals surface area contributed by atoms with E-state index in [1.165, 1.54) is 0 Å². The highest BCUT2D eigenvalue weighted by Gasteiger charge is 2.16. The summed E-state index contributed by atoms with van der Waals surface area (Å²) in [6.07, 6.45) is 0. The predicted molar refractivity (Wildman–Crippen MR) is 147 cm³/mol. The van der Waals surface area contributed by atoms with Gasteiger partial charge in [-0.05, 0) is 69.7 Å². The van der Waals surface area contributed by atoms with Crippen molar-refractivity contribution in [2.24, 2.45) is 0 Å². The Morgan fingerprint density at radius 2 is 1.19 bits per heavy atom. The van der Waals surface area contributed by atoms with Crippen molar-refractivity contribution >= 4 is 52.4 Å². The molecule has 4 N–H and O–H groups in total. The molecule has 0 saturated carbocycles. The number of hydrogen-bond acceptors (Lipinski definition) is 7. The Hall–Kier alpha value is -4.17. The number of carbonyl (C=O) groups is 1. The lowest BCUT2D eigenvalue weighted by Crippen LogP contribution is -2.32. The molecule has 3 aromatic carbocycles. The van der Waals surface area contributed by atoms with Crippen molar-refractivity contribution < 1.29 is 4.79 Å². The zero-order valence-corrected chi connectivity index (χ0v) is 21.3. The molecule has 4 aromatic rings. The standard InChI is InChI=1S/C27H28ClN7O/c1-16-5-10-20(11-6-16)31-26-33-25(34-27(35-26)32-21-12-7-17(2)8-13-21)29-19(4)24(36)30-22-14-9-18(3)23(28)15-22/h5-15,19H,1-4H3,(H,30,36)(H3,29,31,32,33,34,35). The molecule has 1 atom stereocenters. The van der Waals surface area contributed by atoms with Crippen molar-refractivity contribution in [2.75, 3.05) is 21.3 Å². The molecule has 0 radical (unpaired) electrons. The van der Waals surface area contributed by atoms with Crippen LogP contribution < -0.4 is 21.3 Å². The number of amides is 1. The summed E-state index contributed by atoms with van der Waals surface area (Å²) in [5.74, 6) is 0.669. The second-order valence-electron chi connectivity index (χ2n) is 8.61. The van der Waals surface area contributed by atoms with Gasteiger partial charge in [-0.2, -0.15) is 15.0 Å². The van der Waals surface area contributed by atoms with Crippen LogP contribution >= 0.6 is 11.6 Å². The van der Waals surface area contributed by atoms with Crippen LogP contribution in [0.5, 0.6) is 0 Å². The van der Waals surface area contributed by atoms with Crippen molar-refractivity contribution in [2.45, 2.75) is 33.7 Å². The van der Waals surface area contributed by atoms with Gasteiger partial charge < -0.3 is 21.3 Å². The Morgan fingerprint density at radius 1 is 0.722 bits per heavy atom. The van der Waals surface area contributed by atoms with E-state index in [1.54, 1.807) is 13.0 Å². The van der Waals surface area contributed by atoms with Gasteiger partial charge in [0.2, 0.25) is 23.8 Å². The van der Waals surface area contributed by atoms with Gasteiger partial charge in [-0.1, -0.05) is 53.1 Å². The van der Waals surface area contributed by atoms with Crippen molar-refractivity contribution in [3.05, 3.63) is 88.4 Å². The molecule has 4 rings (SSSR count). The van der Waals surface area contributed by atoms with Crippen LogP contribution in [0.25, 0.3) is 0 Å². The SMILES string of the molecule is Cc1ccc(Nc2nc(Nc3ccc(C)cc3)nc(NC(C)C(=O)Nc3ccc(C)c(Cl)c3)n2)cc1. The summed E-state index contributed by atoms with van der Waals surface area (Å²) < 4.78 is 0. The molecule has 1 heterocycles. The monoisotopic (exact) mass is 501 g/mol. The molecule has 0 spiro atoms. The summed E-state index contributed by atoms with van der Waals surface area (Å²) in [5, 5.41) is 12.9. The summed E-state index contributed by atoms with van der Waals surface area (Å²) in [6.45, 7) is 7.68. The molecular formula is C27H28ClN7O. The molecule has 0 aliphatic heterocycles. The second kappa shape index (κ2) is 11.0. The highest BCUT2D eigenvalue weighted by molar-refractivity contribution is 6.31. The average molecular weight is 502 g/mol. The molecule has 1 amide bonds. The number of halogens is 1. The normalized spacial score (nSPS) is 11.5. The number of anilines is 6. The van der Waals surface area contributed by atoms with Crippen LogP contribution in [0.15, 0.2) is 66.7 Å². The summed E-state index contributed by atoms with van der Waals surface area (Å²) >= 11 is 6.18. The summed E-state index contributed by atoms with van der Waals surface area (Å²) in [5.41, 5.74) is 5.52. The number of nitrogens with one attached hydrogen (secondary N) is 4. The summed E-state index contributed by atoms with van der Waals surface area (Å²) in [7, 11) is 0. The Morgan fingerprint density at radius 3 is 1.69 bits per heavy atom. The zero-order chi connectivity index (χ0) is 25.7. The van der Waals surface area contributed by atoms with Gasteiger partial charge in [-0.25, -0.2) is 0 Å². The Balaban J connectivity index is 1.55. The van der Waals surface area contributed by atoms with Gasteiger partial charge in [0.25, 0.3) is 0 Å². The zero-order valence-electron chi connectivity index (χ0n) is 20.6. The maximum atomic E-state index is 12.8. The molecule has 1 unspecified atom stereocenters. The maximum Gasteiger partial charge on any atom is 0.246 e. The number of benzene rings is 3. The first-order valence-corrected chi connectivity index (χ1v) is 11.9. The summed E-state index contributed by atoms with van der Waals surface area (Å²) in [6, 6.07) is 20.5. The van der Waals surface area contributed by atoms with E-state index in [-0.39, 0.29) is 11.9 Å². The van der Waals surface area contributed by atoms with Crippen LogP contribution in [0, 0.1) is 20.8 Å². The largest absolute Gasteiger partial charge is 0.342 e. The van der Waals surface area contributed by atoms with Crippen LogP contribution in [-0.2, 0) is 4.79 Å². The maximum absolute atomic E-state index is 12.8. The molecule has 36 heavy (non-hydrogen) atoms. The van der Waals surface area contributed by atoms with E-state index in [1.807, 2.05) is 81.4 Å². The molecule has 184 valence electrons. The first kappa shape index (κ1) is 24.9. The number of rotatable bonds is 8. The lowest BCUT2D eigenvalue weighted by Gasteiger charge is -2.16. The van der Waals surface area contributed by atoms with E-state index >= 15 is 0 Å². The van der Waals surface area contributed by atoms with Crippen LogP contribution in [0.3, 0.4) is 0 Å². The Bertz CT molecular complexity index is 1290. The van der Waals surface area contributed by atoms with Crippen LogP contribution in [0.4, 0.5) is 34.9 Å². The summed E-state index contributed by atoms with van der Waals surface area (Å²) in [4.78, 5) is 26.3. The minimum atomic E-state index is -0.632. The first-order chi connectivity index (χ1) is 17.2. The van der Waals surface area contributed by atoms with Crippen molar-refractivity contribution in [3.8, 4) is 0 Å². The molecule has 9 heteroatoms. The van der Waals surface area contributed by atoms with Gasteiger partial charge in [0, 0.05) is 22.1 Å². The molecule has 1 aromatic heterocycles. The molecular weight excluding hydrogens is 474 g/mol. The van der Waals surface area contributed by atoms with Gasteiger partial charge in [-0.15, -0.1) is 0 Å². The lowest BCUT2D eigenvalue weighted by molar-refractivity contribution is -0.116. The second-order valence-corrected chi connectivity index (χ2v) is 9.01. The van der Waals surface area contributed by atoms with E-state index in [9.17, 15) is 4.79 Å². The van der Waals surface area contributed by atoms with Gasteiger partial charge in [-0.3, -0.25) is 4.79 Å². The third kappa shape index (κ3) is 6.70. The number of aryl methyl sites for hydroxylation is 3. The molecule has 0 aliphatic rings. The highest BCUT2D eigenvalue weighted by Crippen LogP contribution is 2.22. The number of aromatic nitrogens is 3. The topological polar surface area (TPSA) is 104 Å². The quantitative estimate of drug-likeness (QED) is 0.222. The van der Waals surface area contributed by atoms with Crippen molar-refractivity contribution in [1.82, 2.24) is 15.0 Å². The van der Waals surface area contributed by atoms with Gasteiger partial charge in [0.15, 0.2) is 0 Å². The minimum Gasteiger partial charge on any atom is -0.342 e. The van der Waals surface area contributed by atoms with E-state index in [0.29, 0.717) is 22.6 Å². The Labute approximate surface area is 215 Å². The van der Waals surface area contributed by atoms with Gasteiger partial charge >= 0.3 is 0 Å². The Kier molecular flexibility index (Phi) is 7.65. The predicted octanol–water partition coefficient (Wildman–Crippen LogP) is 6.38. The fourth-order valence-corrected chi connectivity index (χ4v) is 3.45. The van der Waals surface area contributed by atoms with Gasteiger partial charge in [0.05, 0.1) is 0 Å². The molecule has 0 saturated heterocycles.